The van der Waals surface area contributed by atoms with Crippen LogP contribution in [0.25, 0.3) is 0 Å². The smallest absolute Gasteiger partial charge is 0.221 e. The summed E-state index contributed by atoms with van der Waals surface area (Å²) in [6.07, 6.45) is 0.607. The molecule has 0 amide bonds. The second-order valence-electron chi connectivity index (χ2n) is 3.18. The van der Waals surface area contributed by atoms with E-state index in [4.69, 9.17) is 4.74 Å². The Morgan fingerprint density at radius 2 is 2.06 bits per heavy atom. The Bertz CT molecular complexity index is 433. The minimum absolute atomic E-state index is 0.0775. The first-order chi connectivity index (χ1) is 7.59. The van der Waals surface area contributed by atoms with E-state index in [1.165, 1.54) is 0 Å². The SMILES string of the molecule is COc1ccccc1CCNS(=O)(=O)CBr. The highest BCUT2D eigenvalue weighted by Crippen LogP contribution is 2.17. The normalized spacial score (nSPS) is 11.4. The molecule has 0 aliphatic heterocycles. The molecular weight excluding hydrogens is 294 g/mol. The Morgan fingerprint density at radius 3 is 2.69 bits per heavy atom. The molecule has 6 heteroatoms. The highest BCUT2D eigenvalue weighted by Gasteiger charge is 2.07. The van der Waals surface area contributed by atoms with Gasteiger partial charge in [0.25, 0.3) is 0 Å². The van der Waals surface area contributed by atoms with Crippen LogP contribution in [-0.4, -0.2) is 26.7 Å². The third kappa shape index (κ3) is 4.11. The molecule has 0 bridgehead atoms. The van der Waals surface area contributed by atoms with Crippen LogP contribution in [0.3, 0.4) is 0 Å². The molecule has 0 radical (unpaired) electrons. The van der Waals surface area contributed by atoms with E-state index in [1.54, 1.807) is 7.11 Å². The van der Waals surface area contributed by atoms with Gasteiger partial charge in [0.2, 0.25) is 10.0 Å². The van der Waals surface area contributed by atoms with Gasteiger partial charge in [0, 0.05) is 6.54 Å². The first-order valence-electron chi connectivity index (χ1n) is 4.74. The molecule has 1 aromatic rings. The van der Waals surface area contributed by atoms with E-state index in [9.17, 15) is 8.42 Å². The van der Waals surface area contributed by atoms with Crippen molar-refractivity contribution in [3.8, 4) is 5.75 Å². The number of hydrogen-bond donors (Lipinski definition) is 1. The van der Waals surface area contributed by atoms with Crippen molar-refractivity contribution in [2.75, 3.05) is 18.3 Å². The summed E-state index contributed by atoms with van der Waals surface area (Å²) in [6.45, 7) is 0.369. The molecule has 0 fully saturated rings. The third-order valence-electron chi connectivity index (χ3n) is 2.05. The van der Waals surface area contributed by atoms with Gasteiger partial charge in [0.05, 0.1) is 7.11 Å². The van der Waals surface area contributed by atoms with Crippen LogP contribution in [0.4, 0.5) is 0 Å². The lowest BCUT2D eigenvalue weighted by atomic mass is 10.1. The zero-order valence-corrected chi connectivity index (χ0v) is 11.3. The van der Waals surface area contributed by atoms with Crippen LogP contribution in [0.15, 0.2) is 24.3 Å². The average molecular weight is 308 g/mol. The molecular formula is C10H14BrNO3S. The Balaban J connectivity index is 2.55. The van der Waals surface area contributed by atoms with Gasteiger partial charge in [-0.3, -0.25) is 0 Å². The van der Waals surface area contributed by atoms with Crippen LogP contribution < -0.4 is 9.46 Å². The van der Waals surface area contributed by atoms with Crippen LogP contribution in [0, 0.1) is 0 Å². The number of halogens is 1. The maximum absolute atomic E-state index is 11.2. The second-order valence-corrected chi connectivity index (χ2v) is 6.29. The second kappa shape index (κ2) is 6.22. The lowest BCUT2D eigenvalue weighted by Crippen LogP contribution is -2.26. The third-order valence-corrected chi connectivity index (χ3v) is 4.79. The van der Waals surface area contributed by atoms with Gasteiger partial charge in [-0.15, -0.1) is 0 Å². The quantitative estimate of drug-likeness (QED) is 0.811. The van der Waals surface area contributed by atoms with E-state index in [2.05, 4.69) is 20.7 Å². The summed E-state index contributed by atoms with van der Waals surface area (Å²) in [4.78, 5) is 0. The summed E-state index contributed by atoms with van der Waals surface area (Å²) in [7, 11) is -1.58. The predicted octanol–water partition coefficient (Wildman–Crippen LogP) is 1.51. The van der Waals surface area contributed by atoms with Crippen molar-refractivity contribution in [2.24, 2.45) is 0 Å². The average Bonchev–Trinajstić information content (AvgIpc) is 2.29. The molecule has 4 nitrogen and oxygen atoms in total. The molecule has 0 aliphatic carbocycles. The van der Waals surface area contributed by atoms with Crippen molar-refractivity contribution < 1.29 is 13.2 Å². The number of ether oxygens (including phenoxy) is 1. The zero-order valence-electron chi connectivity index (χ0n) is 8.94. The number of methoxy groups -OCH3 is 1. The largest absolute Gasteiger partial charge is 0.496 e. The Labute approximate surface area is 104 Å². The van der Waals surface area contributed by atoms with E-state index in [0.29, 0.717) is 13.0 Å². The lowest BCUT2D eigenvalue weighted by Gasteiger charge is -2.08. The number of hydrogen-bond acceptors (Lipinski definition) is 3. The standard InChI is InChI=1S/C10H14BrNO3S/c1-15-10-5-3-2-4-9(10)6-7-12-16(13,14)8-11/h2-5,12H,6-8H2,1H3. The summed E-state index contributed by atoms with van der Waals surface area (Å²) in [5, 5.41) is 0. The van der Waals surface area contributed by atoms with E-state index in [0.717, 1.165) is 11.3 Å². The molecule has 0 saturated carbocycles. The molecule has 0 unspecified atom stereocenters. The molecule has 90 valence electrons. The van der Waals surface area contributed by atoms with Gasteiger partial charge in [0.15, 0.2) is 0 Å². The molecule has 16 heavy (non-hydrogen) atoms. The minimum Gasteiger partial charge on any atom is -0.496 e. The summed E-state index contributed by atoms with van der Waals surface area (Å²) in [5.74, 6) is 0.778. The van der Waals surface area contributed by atoms with Gasteiger partial charge in [-0.25, -0.2) is 13.1 Å². The van der Waals surface area contributed by atoms with Crippen LogP contribution >= 0.6 is 15.9 Å². The highest BCUT2D eigenvalue weighted by molar-refractivity contribution is 9.10. The Morgan fingerprint density at radius 1 is 1.38 bits per heavy atom. The molecule has 0 heterocycles. The minimum atomic E-state index is -3.18. The first-order valence-corrected chi connectivity index (χ1v) is 7.51. The summed E-state index contributed by atoms with van der Waals surface area (Å²) >= 11 is 2.91. The molecule has 0 aliphatic rings. The molecule has 0 spiro atoms. The molecule has 1 N–H and O–H groups in total. The fourth-order valence-electron chi connectivity index (χ4n) is 1.29. The number of rotatable bonds is 6. The van der Waals surface area contributed by atoms with Crippen molar-refractivity contribution in [3.63, 3.8) is 0 Å². The van der Waals surface area contributed by atoms with Crippen LogP contribution in [0.5, 0.6) is 5.75 Å². The fraction of sp³-hybridized carbons (Fsp3) is 0.400. The van der Waals surface area contributed by atoms with Crippen molar-refractivity contribution in [3.05, 3.63) is 29.8 Å². The number of benzene rings is 1. The topological polar surface area (TPSA) is 55.4 Å². The lowest BCUT2D eigenvalue weighted by molar-refractivity contribution is 0.409. The van der Waals surface area contributed by atoms with Gasteiger partial charge < -0.3 is 4.74 Å². The van der Waals surface area contributed by atoms with Crippen molar-refractivity contribution in [1.82, 2.24) is 4.72 Å². The molecule has 0 saturated heterocycles. The van der Waals surface area contributed by atoms with Gasteiger partial charge in [-0.05, 0) is 18.1 Å². The maximum atomic E-state index is 11.2. The van der Waals surface area contributed by atoms with E-state index in [1.807, 2.05) is 24.3 Å². The summed E-state index contributed by atoms with van der Waals surface area (Å²) in [5.41, 5.74) is 0.988. The molecule has 0 aromatic heterocycles. The number of para-hydroxylation sites is 1. The van der Waals surface area contributed by atoms with Gasteiger partial charge in [-0.1, -0.05) is 34.1 Å². The predicted molar refractivity (Wildman–Crippen MR) is 67.4 cm³/mol. The van der Waals surface area contributed by atoms with Crippen LogP contribution in [0.2, 0.25) is 0 Å². The van der Waals surface area contributed by atoms with Crippen molar-refractivity contribution >= 4 is 26.0 Å². The van der Waals surface area contributed by atoms with E-state index < -0.39 is 10.0 Å². The number of nitrogens with one attached hydrogen (secondary N) is 1. The van der Waals surface area contributed by atoms with E-state index >= 15 is 0 Å². The molecule has 1 aromatic carbocycles. The number of alkyl halides is 1. The van der Waals surface area contributed by atoms with E-state index in [-0.39, 0.29) is 4.66 Å². The monoisotopic (exact) mass is 307 g/mol. The molecule has 0 atom stereocenters. The summed E-state index contributed by atoms with van der Waals surface area (Å²) in [6, 6.07) is 7.55. The molecule has 1 rings (SSSR count). The Hall–Kier alpha value is -0.590. The highest BCUT2D eigenvalue weighted by atomic mass is 79.9. The summed E-state index contributed by atoms with van der Waals surface area (Å²) < 4.78 is 29.9. The first kappa shape index (κ1) is 13.5. The van der Waals surface area contributed by atoms with Crippen LogP contribution in [0.1, 0.15) is 5.56 Å². The zero-order chi connectivity index (χ0) is 12.0. The maximum Gasteiger partial charge on any atom is 0.221 e. The number of sulfonamides is 1. The fourth-order valence-corrected chi connectivity index (χ4v) is 2.27. The van der Waals surface area contributed by atoms with Gasteiger partial charge in [0.1, 0.15) is 10.4 Å². The van der Waals surface area contributed by atoms with Crippen LogP contribution in [-0.2, 0) is 16.4 Å². The van der Waals surface area contributed by atoms with Crippen molar-refractivity contribution in [1.29, 1.82) is 0 Å². The van der Waals surface area contributed by atoms with Gasteiger partial charge >= 0.3 is 0 Å². The van der Waals surface area contributed by atoms with Crippen molar-refractivity contribution in [2.45, 2.75) is 6.42 Å². The van der Waals surface area contributed by atoms with Gasteiger partial charge in [-0.2, -0.15) is 0 Å². The Kier molecular flexibility index (Phi) is 5.24.